The number of hydrogen-bond donors (Lipinski definition) is 1. The third kappa shape index (κ3) is 2.07. The van der Waals surface area contributed by atoms with Gasteiger partial charge in [-0.05, 0) is 24.6 Å². The van der Waals surface area contributed by atoms with Crippen molar-refractivity contribution >= 4 is 28.3 Å². The van der Waals surface area contributed by atoms with E-state index in [2.05, 4.69) is 6.92 Å². The Bertz CT molecular complexity index is 715. The molecule has 0 radical (unpaired) electrons. The summed E-state index contributed by atoms with van der Waals surface area (Å²) < 4.78 is 0. The van der Waals surface area contributed by atoms with E-state index in [4.69, 9.17) is 5.73 Å². The standard InChI is InChI=1S/C17H18N2O2/c1-2-3-4-10-19-16(20)12-7-5-6-11-14(18)9-8-13(15(11)12)17(19)21/h5-9H,2-4,10,18H2,1H3. The van der Waals surface area contributed by atoms with Crippen molar-refractivity contribution in [2.45, 2.75) is 26.2 Å². The van der Waals surface area contributed by atoms with Crippen LogP contribution in [0.5, 0.6) is 0 Å². The molecule has 4 nitrogen and oxygen atoms in total. The number of amides is 2. The van der Waals surface area contributed by atoms with Crippen molar-refractivity contribution in [3.05, 3.63) is 41.5 Å². The fourth-order valence-corrected chi connectivity index (χ4v) is 2.89. The van der Waals surface area contributed by atoms with Gasteiger partial charge in [-0.15, -0.1) is 0 Å². The Labute approximate surface area is 123 Å². The zero-order valence-corrected chi connectivity index (χ0v) is 12.1. The molecule has 2 N–H and O–H groups in total. The maximum atomic E-state index is 12.6. The highest BCUT2D eigenvalue weighted by Crippen LogP contribution is 2.33. The number of unbranched alkanes of at least 4 members (excludes halogenated alkanes) is 2. The molecule has 1 heterocycles. The fraction of sp³-hybridized carbons (Fsp3) is 0.294. The molecule has 1 aliphatic heterocycles. The Balaban J connectivity index is 2.11. The van der Waals surface area contributed by atoms with Gasteiger partial charge in [-0.25, -0.2) is 0 Å². The van der Waals surface area contributed by atoms with Crippen LogP contribution in [-0.2, 0) is 0 Å². The van der Waals surface area contributed by atoms with Gasteiger partial charge in [0.15, 0.2) is 0 Å². The predicted molar refractivity (Wildman–Crippen MR) is 83.3 cm³/mol. The van der Waals surface area contributed by atoms with Crippen LogP contribution < -0.4 is 5.73 Å². The highest BCUT2D eigenvalue weighted by molar-refractivity contribution is 6.26. The van der Waals surface area contributed by atoms with E-state index in [0.29, 0.717) is 28.7 Å². The number of carbonyl (C=O) groups is 2. The summed E-state index contributed by atoms with van der Waals surface area (Å²) in [5, 5.41) is 1.47. The molecule has 3 rings (SSSR count). The Morgan fingerprint density at radius 1 is 1.00 bits per heavy atom. The average Bonchev–Trinajstić information content (AvgIpc) is 2.49. The SMILES string of the molecule is CCCCCN1C(=O)c2cccc3c(N)ccc(c23)C1=O. The summed E-state index contributed by atoms with van der Waals surface area (Å²) in [6.45, 7) is 2.57. The van der Waals surface area contributed by atoms with E-state index in [1.807, 2.05) is 12.1 Å². The van der Waals surface area contributed by atoms with Crippen LogP contribution in [0.25, 0.3) is 10.8 Å². The first-order chi connectivity index (χ1) is 10.1. The van der Waals surface area contributed by atoms with Crippen LogP contribution in [-0.4, -0.2) is 23.3 Å². The van der Waals surface area contributed by atoms with Crippen LogP contribution in [0.4, 0.5) is 5.69 Å². The smallest absolute Gasteiger partial charge is 0.261 e. The van der Waals surface area contributed by atoms with Crippen molar-refractivity contribution in [3.63, 3.8) is 0 Å². The number of anilines is 1. The lowest BCUT2D eigenvalue weighted by molar-refractivity contribution is 0.0608. The molecule has 0 saturated heterocycles. The molecule has 2 amide bonds. The fourth-order valence-electron chi connectivity index (χ4n) is 2.89. The minimum atomic E-state index is -0.209. The van der Waals surface area contributed by atoms with Crippen LogP contribution in [0.15, 0.2) is 30.3 Å². The summed E-state index contributed by atoms with van der Waals surface area (Å²) in [5.41, 5.74) is 7.70. The van der Waals surface area contributed by atoms with Crippen molar-refractivity contribution in [1.29, 1.82) is 0 Å². The first kappa shape index (κ1) is 13.6. The van der Waals surface area contributed by atoms with E-state index in [9.17, 15) is 9.59 Å². The maximum Gasteiger partial charge on any atom is 0.261 e. The summed E-state index contributed by atoms with van der Waals surface area (Å²) in [7, 11) is 0. The summed E-state index contributed by atoms with van der Waals surface area (Å²) >= 11 is 0. The van der Waals surface area contributed by atoms with Crippen molar-refractivity contribution in [1.82, 2.24) is 4.90 Å². The summed E-state index contributed by atoms with van der Waals surface area (Å²) in [4.78, 5) is 26.5. The summed E-state index contributed by atoms with van der Waals surface area (Å²) in [6, 6.07) is 8.90. The lowest BCUT2D eigenvalue weighted by atomic mass is 9.93. The largest absolute Gasteiger partial charge is 0.398 e. The molecular weight excluding hydrogens is 264 g/mol. The lowest BCUT2D eigenvalue weighted by Gasteiger charge is -2.27. The molecule has 0 aromatic heterocycles. The van der Waals surface area contributed by atoms with E-state index in [0.717, 1.165) is 24.6 Å². The summed E-state index contributed by atoms with van der Waals surface area (Å²) in [5.74, 6) is -0.417. The van der Waals surface area contributed by atoms with Gasteiger partial charge in [0.2, 0.25) is 0 Å². The van der Waals surface area contributed by atoms with E-state index < -0.39 is 0 Å². The topological polar surface area (TPSA) is 63.4 Å². The quantitative estimate of drug-likeness (QED) is 0.532. The third-order valence-electron chi connectivity index (χ3n) is 4.01. The molecule has 2 aromatic rings. The number of nitrogens with two attached hydrogens (primary N) is 1. The van der Waals surface area contributed by atoms with E-state index in [1.165, 1.54) is 4.90 Å². The number of imide groups is 1. The number of benzene rings is 2. The second kappa shape index (κ2) is 5.20. The molecule has 0 atom stereocenters. The maximum absolute atomic E-state index is 12.6. The van der Waals surface area contributed by atoms with Crippen molar-refractivity contribution < 1.29 is 9.59 Å². The molecule has 0 fully saturated rings. The molecule has 108 valence electrons. The third-order valence-corrected chi connectivity index (χ3v) is 4.01. The Morgan fingerprint density at radius 3 is 2.43 bits per heavy atom. The van der Waals surface area contributed by atoms with Gasteiger partial charge in [0.1, 0.15) is 0 Å². The van der Waals surface area contributed by atoms with Crippen LogP contribution in [0.2, 0.25) is 0 Å². The van der Waals surface area contributed by atoms with Crippen LogP contribution in [0.3, 0.4) is 0 Å². The second-order valence-corrected chi connectivity index (χ2v) is 5.40. The first-order valence-electron chi connectivity index (χ1n) is 7.32. The van der Waals surface area contributed by atoms with Gasteiger partial charge in [-0.2, -0.15) is 0 Å². The monoisotopic (exact) mass is 282 g/mol. The van der Waals surface area contributed by atoms with Gasteiger partial charge in [-0.3, -0.25) is 14.5 Å². The molecule has 0 aliphatic carbocycles. The second-order valence-electron chi connectivity index (χ2n) is 5.40. The van der Waals surface area contributed by atoms with Crippen LogP contribution >= 0.6 is 0 Å². The van der Waals surface area contributed by atoms with Gasteiger partial charge >= 0.3 is 0 Å². The highest BCUT2D eigenvalue weighted by atomic mass is 16.2. The number of rotatable bonds is 4. The van der Waals surface area contributed by atoms with Crippen LogP contribution in [0.1, 0.15) is 46.9 Å². The van der Waals surface area contributed by atoms with Crippen molar-refractivity contribution in [2.24, 2.45) is 0 Å². The average molecular weight is 282 g/mol. The molecule has 0 bridgehead atoms. The Morgan fingerprint density at radius 2 is 1.71 bits per heavy atom. The van der Waals surface area contributed by atoms with Gasteiger partial charge in [0, 0.05) is 34.1 Å². The van der Waals surface area contributed by atoms with Crippen molar-refractivity contribution in [2.75, 3.05) is 12.3 Å². The van der Waals surface area contributed by atoms with E-state index in [-0.39, 0.29) is 11.8 Å². The molecule has 2 aromatic carbocycles. The predicted octanol–water partition coefficient (Wildman–Crippen LogP) is 3.21. The molecule has 0 unspecified atom stereocenters. The van der Waals surface area contributed by atoms with Crippen molar-refractivity contribution in [3.8, 4) is 0 Å². The number of carbonyl (C=O) groups excluding carboxylic acids is 2. The summed E-state index contributed by atoms with van der Waals surface area (Å²) in [6.07, 6.45) is 2.91. The molecule has 0 spiro atoms. The van der Waals surface area contributed by atoms with Gasteiger partial charge in [-0.1, -0.05) is 31.9 Å². The normalized spacial score (nSPS) is 14.0. The molecule has 1 aliphatic rings. The number of nitrogen functional groups attached to an aromatic ring is 1. The van der Waals surface area contributed by atoms with Crippen LogP contribution in [0, 0.1) is 0 Å². The van der Waals surface area contributed by atoms with E-state index in [1.54, 1.807) is 18.2 Å². The lowest BCUT2D eigenvalue weighted by Crippen LogP contribution is -2.40. The minimum absolute atomic E-state index is 0.209. The zero-order chi connectivity index (χ0) is 15.0. The van der Waals surface area contributed by atoms with E-state index >= 15 is 0 Å². The number of nitrogens with zero attached hydrogens (tertiary/aromatic N) is 1. The minimum Gasteiger partial charge on any atom is -0.398 e. The highest BCUT2D eigenvalue weighted by Gasteiger charge is 2.32. The molecule has 21 heavy (non-hydrogen) atoms. The van der Waals surface area contributed by atoms with Gasteiger partial charge < -0.3 is 5.73 Å². The molecular formula is C17H18N2O2. The number of hydrogen-bond acceptors (Lipinski definition) is 3. The Hall–Kier alpha value is -2.36. The Kier molecular flexibility index (Phi) is 3.37. The first-order valence-corrected chi connectivity index (χ1v) is 7.32. The molecule has 4 heteroatoms. The molecule has 0 saturated carbocycles. The van der Waals surface area contributed by atoms with Gasteiger partial charge in [0.05, 0.1) is 0 Å². The van der Waals surface area contributed by atoms with Gasteiger partial charge in [0.25, 0.3) is 11.8 Å². The zero-order valence-electron chi connectivity index (χ0n) is 12.1.